The third-order valence-corrected chi connectivity index (χ3v) is 7.71. The molecule has 0 radical (unpaired) electrons. The minimum Gasteiger partial charge on any atom is -0.496 e. The Morgan fingerprint density at radius 1 is 0.929 bits per heavy atom. The van der Waals surface area contributed by atoms with Gasteiger partial charge in [0.15, 0.2) is 17.3 Å². The van der Waals surface area contributed by atoms with Gasteiger partial charge >= 0.3 is 0 Å². The summed E-state index contributed by atoms with van der Waals surface area (Å²) in [6.45, 7) is 0.264. The molecular formula is C32H23BrClN3O5. The minimum absolute atomic E-state index is 0.246. The first-order valence-electron chi connectivity index (χ1n) is 12.8. The van der Waals surface area contributed by atoms with E-state index in [1.165, 1.54) is 4.68 Å². The molecule has 0 spiro atoms. The Labute approximate surface area is 253 Å². The molecule has 0 bridgehead atoms. The van der Waals surface area contributed by atoms with Gasteiger partial charge in [-0.25, -0.2) is 4.98 Å². The monoisotopic (exact) mass is 643 g/mol. The second-order valence-electron chi connectivity index (χ2n) is 9.20. The van der Waals surface area contributed by atoms with E-state index >= 15 is 0 Å². The predicted molar refractivity (Wildman–Crippen MR) is 167 cm³/mol. The van der Waals surface area contributed by atoms with Crippen LogP contribution in [0.5, 0.6) is 17.2 Å². The number of benzene rings is 4. The molecule has 0 N–H and O–H groups in total. The highest BCUT2D eigenvalue weighted by molar-refractivity contribution is 9.10. The van der Waals surface area contributed by atoms with Crippen molar-refractivity contribution in [3.05, 3.63) is 116 Å². The van der Waals surface area contributed by atoms with Crippen LogP contribution in [0.3, 0.4) is 0 Å². The molecule has 0 fully saturated rings. The van der Waals surface area contributed by atoms with Gasteiger partial charge in [0.2, 0.25) is 5.82 Å². The summed E-state index contributed by atoms with van der Waals surface area (Å²) < 4.78 is 25.1. The number of nitrogens with zero attached hydrogens (tertiary/aromatic N) is 3. The van der Waals surface area contributed by atoms with Crippen LogP contribution in [0.2, 0.25) is 5.02 Å². The maximum atomic E-state index is 13.7. The highest BCUT2D eigenvalue weighted by Crippen LogP contribution is 2.35. The van der Waals surface area contributed by atoms with Crippen molar-refractivity contribution in [3.63, 3.8) is 0 Å². The van der Waals surface area contributed by atoms with Crippen molar-refractivity contribution in [2.75, 3.05) is 14.2 Å². The van der Waals surface area contributed by atoms with Gasteiger partial charge in [0, 0.05) is 20.6 Å². The molecule has 6 aromatic rings. The molecule has 0 saturated heterocycles. The summed E-state index contributed by atoms with van der Waals surface area (Å²) in [6, 6.07) is 25.4. The molecular weight excluding hydrogens is 622 g/mol. The third-order valence-electron chi connectivity index (χ3n) is 6.65. The Kier molecular flexibility index (Phi) is 7.69. The normalized spacial score (nSPS) is 11.4. The highest BCUT2D eigenvalue weighted by Gasteiger charge is 2.18. The number of aromatic nitrogens is 2. The Morgan fingerprint density at radius 3 is 2.52 bits per heavy atom. The van der Waals surface area contributed by atoms with Crippen LogP contribution in [0.25, 0.3) is 33.5 Å². The van der Waals surface area contributed by atoms with Gasteiger partial charge in [-0.2, -0.15) is 9.78 Å². The summed E-state index contributed by atoms with van der Waals surface area (Å²) in [6.07, 6.45) is 1.55. The van der Waals surface area contributed by atoms with Crippen molar-refractivity contribution in [1.82, 2.24) is 9.66 Å². The molecule has 210 valence electrons. The number of para-hydroxylation sites is 1. The molecule has 10 heteroatoms. The lowest BCUT2D eigenvalue weighted by molar-refractivity contribution is 0.284. The predicted octanol–water partition coefficient (Wildman–Crippen LogP) is 7.70. The quantitative estimate of drug-likeness (QED) is 0.158. The van der Waals surface area contributed by atoms with Crippen LogP contribution in [0.1, 0.15) is 11.1 Å². The highest BCUT2D eigenvalue weighted by atomic mass is 79.9. The molecule has 8 nitrogen and oxygen atoms in total. The molecule has 0 aliphatic heterocycles. The van der Waals surface area contributed by atoms with Gasteiger partial charge in [-0.3, -0.25) is 4.79 Å². The molecule has 0 unspecified atom stereocenters. The number of methoxy groups -OCH3 is 2. The van der Waals surface area contributed by atoms with E-state index in [0.29, 0.717) is 54.6 Å². The van der Waals surface area contributed by atoms with E-state index in [2.05, 4.69) is 21.0 Å². The zero-order chi connectivity index (χ0) is 29.2. The van der Waals surface area contributed by atoms with E-state index in [1.54, 1.807) is 56.8 Å². The topological polar surface area (TPSA) is 88.1 Å². The van der Waals surface area contributed by atoms with Crippen molar-refractivity contribution >= 4 is 55.6 Å². The van der Waals surface area contributed by atoms with Crippen LogP contribution in [0, 0.1) is 0 Å². The summed E-state index contributed by atoms with van der Waals surface area (Å²) in [5.74, 6) is 2.27. The number of fused-ring (bicyclic) bond motifs is 2. The zero-order valence-electron chi connectivity index (χ0n) is 22.5. The third kappa shape index (κ3) is 5.24. The summed E-state index contributed by atoms with van der Waals surface area (Å²) in [5, 5.41) is 6.37. The van der Waals surface area contributed by atoms with Crippen molar-refractivity contribution in [2.24, 2.45) is 5.10 Å². The molecule has 0 saturated carbocycles. The lowest BCUT2D eigenvalue weighted by atomic mass is 10.2. The minimum atomic E-state index is -0.345. The van der Waals surface area contributed by atoms with Crippen molar-refractivity contribution < 1.29 is 18.6 Å². The van der Waals surface area contributed by atoms with Crippen LogP contribution in [-0.4, -0.2) is 30.1 Å². The molecule has 2 aromatic heterocycles. The largest absolute Gasteiger partial charge is 0.496 e. The van der Waals surface area contributed by atoms with E-state index in [9.17, 15) is 4.79 Å². The molecule has 42 heavy (non-hydrogen) atoms. The van der Waals surface area contributed by atoms with E-state index in [-0.39, 0.29) is 18.0 Å². The fourth-order valence-electron chi connectivity index (χ4n) is 4.53. The smallest absolute Gasteiger partial charge is 0.282 e. The molecule has 0 atom stereocenters. The summed E-state index contributed by atoms with van der Waals surface area (Å²) in [5.41, 5.74) is 2.28. The summed E-state index contributed by atoms with van der Waals surface area (Å²) in [4.78, 5) is 18.4. The fourth-order valence-corrected chi connectivity index (χ4v) is 5.14. The first-order valence-corrected chi connectivity index (χ1v) is 14.0. The molecule has 0 amide bonds. The van der Waals surface area contributed by atoms with Crippen LogP contribution in [0.15, 0.2) is 104 Å². The first-order chi connectivity index (χ1) is 20.5. The molecule has 0 aliphatic carbocycles. The van der Waals surface area contributed by atoms with E-state index in [4.69, 9.17) is 35.2 Å². The van der Waals surface area contributed by atoms with Gasteiger partial charge in [0.25, 0.3) is 5.56 Å². The van der Waals surface area contributed by atoms with E-state index in [1.807, 2.05) is 48.5 Å². The van der Waals surface area contributed by atoms with E-state index in [0.717, 1.165) is 10.9 Å². The lowest BCUT2D eigenvalue weighted by Crippen LogP contribution is -2.20. The second kappa shape index (κ2) is 11.7. The fraction of sp³-hybridized carbons (Fsp3) is 0.0938. The van der Waals surface area contributed by atoms with Crippen LogP contribution >= 0.6 is 27.5 Å². The zero-order valence-corrected chi connectivity index (χ0v) is 24.8. The van der Waals surface area contributed by atoms with Gasteiger partial charge in [-0.1, -0.05) is 48.0 Å². The van der Waals surface area contributed by atoms with Crippen LogP contribution < -0.4 is 19.8 Å². The summed E-state index contributed by atoms with van der Waals surface area (Å²) in [7, 11) is 3.15. The van der Waals surface area contributed by atoms with Gasteiger partial charge in [-0.05, 0) is 64.5 Å². The van der Waals surface area contributed by atoms with Crippen LogP contribution in [0.4, 0.5) is 0 Å². The molecule has 2 heterocycles. The SMILES string of the molecule is COc1cc(C=Nn2c(-c3cc4c(OC)cccc4o3)nc3ccccc3c2=O)c(Br)cc1OCc1ccccc1Cl. The van der Waals surface area contributed by atoms with Gasteiger partial charge in [0.1, 0.15) is 17.9 Å². The Hall–Kier alpha value is -4.60. The van der Waals surface area contributed by atoms with Gasteiger partial charge in [0.05, 0.1) is 36.7 Å². The number of furan rings is 1. The average Bonchev–Trinajstić information content (AvgIpc) is 3.45. The van der Waals surface area contributed by atoms with Crippen molar-refractivity contribution in [1.29, 1.82) is 0 Å². The second-order valence-corrected chi connectivity index (χ2v) is 10.5. The maximum absolute atomic E-state index is 13.7. The lowest BCUT2D eigenvalue weighted by Gasteiger charge is -2.13. The van der Waals surface area contributed by atoms with E-state index < -0.39 is 0 Å². The molecule has 4 aromatic carbocycles. The molecule has 0 aliphatic rings. The van der Waals surface area contributed by atoms with Crippen molar-refractivity contribution in [3.8, 4) is 28.8 Å². The molecule has 6 rings (SSSR count). The number of rotatable bonds is 8. The summed E-state index contributed by atoms with van der Waals surface area (Å²) >= 11 is 9.88. The standard InChI is InChI=1S/C32H23BrClN3O5/c1-39-26-12-7-13-27-22(26)15-30(42-27)31-36-25-11-6-4-9-21(25)32(38)37(31)35-17-20-14-28(40-2)29(16-23(20)33)41-18-19-8-3-5-10-24(19)34/h3-17H,18H2,1-2H3. The first kappa shape index (κ1) is 27.6. The maximum Gasteiger partial charge on any atom is 0.282 e. The van der Waals surface area contributed by atoms with Crippen LogP contribution in [-0.2, 0) is 6.61 Å². The Bertz CT molecular complexity index is 2040. The van der Waals surface area contributed by atoms with Gasteiger partial charge < -0.3 is 18.6 Å². The Morgan fingerprint density at radius 2 is 1.71 bits per heavy atom. The van der Waals surface area contributed by atoms with Gasteiger partial charge in [-0.15, -0.1) is 0 Å². The Balaban J connectivity index is 1.41. The van der Waals surface area contributed by atoms with Crippen molar-refractivity contribution in [2.45, 2.75) is 6.61 Å². The number of hydrogen-bond acceptors (Lipinski definition) is 7. The number of ether oxygens (including phenoxy) is 3. The number of hydrogen-bond donors (Lipinski definition) is 0. The average molecular weight is 645 g/mol. The number of halogens is 2.